The van der Waals surface area contributed by atoms with Crippen LogP contribution < -0.4 is 10.2 Å². The molecule has 2 amide bonds. The molecule has 1 aliphatic rings. The van der Waals surface area contributed by atoms with Crippen LogP contribution in [0.5, 0.6) is 0 Å². The second kappa shape index (κ2) is 7.70. The molecule has 0 spiro atoms. The topological polar surface area (TPSA) is 69.6 Å². The Balaban J connectivity index is 2.03. The molecule has 1 heterocycles. The standard InChI is InChI=1S/C21H24N2O3/c1-14-5-7-16(8-6-14)17-10-18(21(26)22-15(2)13-24)12-19(11-17)23-9-3-4-20(23)25/h5-8,10-12,15,24H,3-4,9,13H2,1-2H3,(H,22,26). The maximum absolute atomic E-state index is 12.6. The Morgan fingerprint density at radius 1 is 1.19 bits per heavy atom. The highest BCUT2D eigenvalue weighted by atomic mass is 16.3. The molecule has 5 heteroatoms. The van der Waals surface area contributed by atoms with Crippen LogP contribution in [0.25, 0.3) is 11.1 Å². The molecule has 2 aromatic rings. The molecule has 0 aromatic heterocycles. The first-order valence-corrected chi connectivity index (χ1v) is 8.92. The molecule has 0 saturated carbocycles. The van der Waals surface area contributed by atoms with Crippen molar-refractivity contribution in [2.45, 2.75) is 32.7 Å². The Kier molecular flexibility index (Phi) is 5.38. The van der Waals surface area contributed by atoms with E-state index in [4.69, 9.17) is 0 Å². The fourth-order valence-corrected chi connectivity index (χ4v) is 3.08. The smallest absolute Gasteiger partial charge is 0.251 e. The van der Waals surface area contributed by atoms with Gasteiger partial charge in [-0.15, -0.1) is 0 Å². The van der Waals surface area contributed by atoms with Gasteiger partial charge >= 0.3 is 0 Å². The van der Waals surface area contributed by atoms with E-state index in [9.17, 15) is 14.7 Å². The molecule has 3 rings (SSSR count). The van der Waals surface area contributed by atoms with Crippen LogP contribution in [0.4, 0.5) is 5.69 Å². The number of nitrogens with one attached hydrogen (secondary N) is 1. The third-order valence-corrected chi connectivity index (χ3v) is 4.60. The normalized spacial score (nSPS) is 15.2. The van der Waals surface area contributed by atoms with Crippen molar-refractivity contribution in [3.63, 3.8) is 0 Å². The second-order valence-electron chi connectivity index (χ2n) is 6.84. The number of hydrogen-bond acceptors (Lipinski definition) is 3. The zero-order valence-electron chi connectivity index (χ0n) is 15.2. The quantitative estimate of drug-likeness (QED) is 0.869. The van der Waals surface area contributed by atoms with E-state index < -0.39 is 0 Å². The summed E-state index contributed by atoms with van der Waals surface area (Å²) in [7, 11) is 0. The van der Waals surface area contributed by atoms with E-state index in [1.807, 2.05) is 43.3 Å². The Labute approximate surface area is 153 Å². The summed E-state index contributed by atoms with van der Waals surface area (Å²) in [6.45, 7) is 4.32. The maximum Gasteiger partial charge on any atom is 0.251 e. The van der Waals surface area contributed by atoms with Gasteiger partial charge < -0.3 is 15.3 Å². The largest absolute Gasteiger partial charge is 0.394 e. The molecular formula is C21H24N2O3. The highest BCUT2D eigenvalue weighted by Gasteiger charge is 2.23. The van der Waals surface area contributed by atoms with Crippen LogP contribution in [0, 0.1) is 6.92 Å². The van der Waals surface area contributed by atoms with E-state index in [0.29, 0.717) is 18.5 Å². The molecule has 26 heavy (non-hydrogen) atoms. The number of aliphatic hydroxyl groups is 1. The molecule has 1 fully saturated rings. The number of aliphatic hydroxyl groups excluding tert-OH is 1. The maximum atomic E-state index is 12.6. The van der Waals surface area contributed by atoms with Crippen LogP contribution in [0.2, 0.25) is 0 Å². The van der Waals surface area contributed by atoms with E-state index in [1.54, 1.807) is 17.9 Å². The fraction of sp³-hybridized carbons (Fsp3) is 0.333. The first kappa shape index (κ1) is 18.1. The molecule has 1 saturated heterocycles. The van der Waals surface area contributed by atoms with Crippen molar-refractivity contribution in [2.24, 2.45) is 0 Å². The van der Waals surface area contributed by atoms with Gasteiger partial charge in [-0.3, -0.25) is 9.59 Å². The molecule has 2 N–H and O–H groups in total. The van der Waals surface area contributed by atoms with Crippen LogP contribution in [-0.4, -0.2) is 36.1 Å². The zero-order valence-corrected chi connectivity index (χ0v) is 15.2. The third-order valence-electron chi connectivity index (χ3n) is 4.60. The molecule has 2 aromatic carbocycles. The van der Waals surface area contributed by atoms with E-state index in [1.165, 1.54) is 0 Å². The van der Waals surface area contributed by atoms with Crippen LogP contribution in [0.1, 0.15) is 35.7 Å². The lowest BCUT2D eigenvalue weighted by Gasteiger charge is -2.19. The monoisotopic (exact) mass is 352 g/mol. The van der Waals surface area contributed by atoms with Crippen molar-refractivity contribution >= 4 is 17.5 Å². The van der Waals surface area contributed by atoms with Gasteiger partial charge in [0.2, 0.25) is 5.91 Å². The summed E-state index contributed by atoms with van der Waals surface area (Å²) in [5, 5.41) is 12.0. The predicted molar refractivity (Wildman–Crippen MR) is 102 cm³/mol. The van der Waals surface area contributed by atoms with Gasteiger partial charge in [-0.2, -0.15) is 0 Å². The summed E-state index contributed by atoms with van der Waals surface area (Å²) >= 11 is 0. The molecule has 136 valence electrons. The third kappa shape index (κ3) is 3.94. The fourth-order valence-electron chi connectivity index (χ4n) is 3.08. The summed E-state index contributed by atoms with van der Waals surface area (Å²) in [6, 6.07) is 13.3. The minimum atomic E-state index is -0.331. The van der Waals surface area contributed by atoms with E-state index >= 15 is 0 Å². The van der Waals surface area contributed by atoms with Gasteiger partial charge in [0.15, 0.2) is 0 Å². The molecule has 5 nitrogen and oxygen atoms in total. The number of anilines is 1. The Morgan fingerprint density at radius 2 is 1.92 bits per heavy atom. The lowest BCUT2D eigenvalue weighted by Crippen LogP contribution is -2.35. The number of nitrogens with zero attached hydrogens (tertiary/aromatic N) is 1. The van der Waals surface area contributed by atoms with Gasteiger partial charge in [-0.1, -0.05) is 29.8 Å². The van der Waals surface area contributed by atoms with E-state index in [-0.39, 0.29) is 24.5 Å². The van der Waals surface area contributed by atoms with Crippen molar-refractivity contribution < 1.29 is 14.7 Å². The van der Waals surface area contributed by atoms with Gasteiger partial charge in [0.25, 0.3) is 5.91 Å². The number of hydrogen-bond donors (Lipinski definition) is 2. The van der Waals surface area contributed by atoms with Crippen LogP contribution in [-0.2, 0) is 4.79 Å². The lowest BCUT2D eigenvalue weighted by atomic mass is 10.00. The van der Waals surface area contributed by atoms with Gasteiger partial charge in [0.1, 0.15) is 0 Å². The summed E-state index contributed by atoms with van der Waals surface area (Å²) in [4.78, 5) is 26.5. The molecule has 0 radical (unpaired) electrons. The van der Waals surface area contributed by atoms with Crippen molar-refractivity contribution in [1.82, 2.24) is 5.32 Å². The molecule has 0 aliphatic carbocycles. The summed E-state index contributed by atoms with van der Waals surface area (Å²) in [5.41, 5.74) is 4.28. The first-order chi connectivity index (χ1) is 12.5. The molecular weight excluding hydrogens is 328 g/mol. The number of carbonyl (C=O) groups excluding carboxylic acids is 2. The van der Waals surface area contributed by atoms with Gasteiger partial charge in [-0.25, -0.2) is 0 Å². The molecule has 0 bridgehead atoms. The highest BCUT2D eigenvalue weighted by molar-refractivity contribution is 6.00. The molecule has 1 atom stereocenters. The number of benzene rings is 2. The number of amides is 2. The van der Waals surface area contributed by atoms with Crippen molar-refractivity contribution in [3.05, 3.63) is 53.6 Å². The van der Waals surface area contributed by atoms with Crippen molar-refractivity contribution in [1.29, 1.82) is 0 Å². The number of aryl methyl sites for hydroxylation is 1. The van der Waals surface area contributed by atoms with Crippen molar-refractivity contribution in [2.75, 3.05) is 18.1 Å². The summed E-state index contributed by atoms with van der Waals surface area (Å²) in [6.07, 6.45) is 1.37. The van der Waals surface area contributed by atoms with Gasteiger partial charge in [0, 0.05) is 30.3 Å². The van der Waals surface area contributed by atoms with Gasteiger partial charge in [-0.05, 0) is 49.6 Å². The Bertz CT molecular complexity index is 815. The summed E-state index contributed by atoms with van der Waals surface area (Å²) < 4.78 is 0. The Morgan fingerprint density at radius 3 is 2.54 bits per heavy atom. The Hall–Kier alpha value is -2.66. The molecule has 1 unspecified atom stereocenters. The van der Waals surface area contributed by atoms with Crippen LogP contribution in [0.3, 0.4) is 0 Å². The minimum Gasteiger partial charge on any atom is -0.394 e. The number of carbonyl (C=O) groups is 2. The predicted octanol–water partition coefficient (Wildman–Crippen LogP) is 2.90. The zero-order chi connectivity index (χ0) is 18.7. The van der Waals surface area contributed by atoms with E-state index in [0.717, 1.165) is 28.8 Å². The SMILES string of the molecule is Cc1ccc(-c2cc(C(=O)NC(C)CO)cc(N3CCCC3=O)c2)cc1. The second-order valence-corrected chi connectivity index (χ2v) is 6.84. The average molecular weight is 352 g/mol. The molecule has 1 aliphatic heterocycles. The summed E-state index contributed by atoms with van der Waals surface area (Å²) in [5.74, 6) is -0.172. The van der Waals surface area contributed by atoms with Crippen LogP contribution in [0.15, 0.2) is 42.5 Å². The van der Waals surface area contributed by atoms with Gasteiger partial charge in [0.05, 0.1) is 6.61 Å². The highest BCUT2D eigenvalue weighted by Crippen LogP contribution is 2.29. The average Bonchev–Trinajstić information content (AvgIpc) is 3.07. The lowest BCUT2D eigenvalue weighted by molar-refractivity contribution is -0.117. The number of rotatable bonds is 5. The van der Waals surface area contributed by atoms with Crippen molar-refractivity contribution in [3.8, 4) is 11.1 Å². The van der Waals surface area contributed by atoms with Crippen LogP contribution >= 0.6 is 0 Å². The minimum absolute atomic E-state index is 0.0844. The first-order valence-electron chi connectivity index (χ1n) is 8.92. The van der Waals surface area contributed by atoms with E-state index in [2.05, 4.69) is 5.32 Å².